The Balaban J connectivity index is 1.58. The number of aromatic amines is 1. The first kappa shape index (κ1) is 18.5. The van der Waals surface area contributed by atoms with Gasteiger partial charge >= 0.3 is 0 Å². The summed E-state index contributed by atoms with van der Waals surface area (Å²) in [5.41, 5.74) is 1.03. The van der Waals surface area contributed by atoms with Gasteiger partial charge in [-0.3, -0.25) is 4.79 Å². The molecule has 0 aromatic carbocycles. The molecular weight excluding hydrogens is 430 g/mol. The van der Waals surface area contributed by atoms with Crippen LogP contribution in [0.15, 0.2) is 54.0 Å². The molecule has 1 aliphatic rings. The van der Waals surface area contributed by atoms with Crippen LogP contribution in [0.4, 0.5) is 5.82 Å². The summed E-state index contributed by atoms with van der Waals surface area (Å²) in [5.74, 6) is 1.59. The van der Waals surface area contributed by atoms with Gasteiger partial charge in [0.15, 0.2) is 5.82 Å². The highest BCUT2D eigenvalue weighted by atomic mass is 35.5. The average molecular weight is 444 g/mol. The lowest BCUT2D eigenvalue weighted by molar-refractivity contribution is 0.423. The third-order valence-electron chi connectivity index (χ3n) is 5.70. The summed E-state index contributed by atoms with van der Waals surface area (Å²) in [6, 6.07) is 8.93. The molecule has 156 valence electrons. The van der Waals surface area contributed by atoms with Gasteiger partial charge in [-0.1, -0.05) is 17.7 Å². The highest BCUT2D eigenvalue weighted by Crippen LogP contribution is 2.39. The molecule has 1 saturated heterocycles. The number of aromatic nitrogens is 7. The van der Waals surface area contributed by atoms with Gasteiger partial charge in [0.05, 0.1) is 22.0 Å². The van der Waals surface area contributed by atoms with Gasteiger partial charge in [-0.2, -0.15) is 10.4 Å². The van der Waals surface area contributed by atoms with E-state index in [4.69, 9.17) is 16.7 Å². The van der Waals surface area contributed by atoms with Crippen LogP contribution in [0, 0.1) is 11.3 Å². The van der Waals surface area contributed by atoms with Gasteiger partial charge < -0.3 is 9.88 Å². The maximum Gasteiger partial charge on any atom is 0.285 e. The van der Waals surface area contributed by atoms with Gasteiger partial charge in [0.2, 0.25) is 0 Å². The molecule has 1 fully saturated rings. The normalized spacial score (nSPS) is 15.8. The summed E-state index contributed by atoms with van der Waals surface area (Å²) >= 11 is 6.27. The Bertz CT molecular complexity index is 1600. The van der Waals surface area contributed by atoms with Crippen LogP contribution in [-0.4, -0.2) is 40.7 Å². The number of pyridine rings is 1. The molecule has 0 aliphatic carbocycles. The summed E-state index contributed by atoms with van der Waals surface area (Å²) in [4.78, 5) is 31.6. The van der Waals surface area contributed by atoms with Crippen LogP contribution in [0.1, 0.15) is 23.9 Å². The van der Waals surface area contributed by atoms with E-state index in [1.54, 1.807) is 36.8 Å². The lowest BCUT2D eigenvalue weighted by Crippen LogP contribution is -2.45. The lowest BCUT2D eigenvalue weighted by atomic mass is 10.0. The minimum atomic E-state index is -0.303. The lowest BCUT2D eigenvalue weighted by Gasteiger charge is -2.42. The van der Waals surface area contributed by atoms with E-state index in [9.17, 15) is 10.1 Å². The van der Waals surface area contributed by atoms with Crippen LogP contribution < -0.4 is 10.5 Å². The van der Waals surface area contributed by atoms with E-state index in [1.807, 2.05) is 11.0 Å². The van der Waals surface area contributed by atoms with Crippen LogP contribution >= 0.6 is 11.6 Å². The van der Waals surface area contributed by atoms with E-state index >= 15 is 0 Å². The minimum absolute atomic E-state index is 0.255. The number of anilines is 1. The molecule has 5 aromatic rings. The quantitative estimate of drug-likeness (QED) is 0.455. The molecule has 0 unspecified atom stereocenters. The second-order valence-corrected chi connectivity index (χ2v) is 7.78. The summed E-state index contributed by atoms with van der Waals surface area (Å²) < 4.78 is 3.00. The molecule has 0 saturated carbocycles. The first-order chi connectivity index (χ1) is 15.7. The molecular formula is C21H14ClN9O. The van der Waals surface area contributed by atoms with Crippen LogP contribution in [0.3, 0.4) is 0 Å². The Labute approximate surface area is 185 Å². The van der Waals surface area contributed by atoms with Gasteiger partial charge in [0.25, 0.3) is 5.56 Å². The molecule has 1 aliphatic heterocycles. The maximum atomic E-state index is 13.5. The highest BCUT2D eigenvalue weighted by molar-refractivity contribution is 6.33. The van der Waals surface area contributed by atoms with E-state index < -0.39 is 0 Å². The van der Waals surface area contributed by atoms with Crippen molar-refractivity contribution in [3.05, 3.63) is 75.9 Å². The number of fused-ring (bicyclic) bond motifs is 2. The van der Waals surface area contributed by atoms with Gasteiger partial charge in [0, 0.05) is 25.1 Å². The molecule has 1 N–H and O–H groups in total. The Morgan fingerprint density at radius 2 is 2.12 bits per heavy atom. The monoisotopic (exact) mass is 443 g/mol. The molecule has 5 aromatic heterocycles. The van der Waals surface area contributed by atoms with Gasteiger partial charge in [0.1, 0.15) is 35.2 Å². The van der Waals surface area contributed by atoms with Crippen molar-refractivity contribution in [1.29, 1.82) is 5.26 Å². The van der Waals surface area contributed by atoms with Crippen LogP contribution in [-0.2, 0) is 0 Å². The number of hydrogen-bond donors (Lipinski definition) is 1. The number of nitrogens with zero attached hydrogens (tertiary/aromatic N) is 8. The van der Waals surface area contributed by atoms with Gasteiger partial charge in [-0.25, -0.2) is 24.0 Å². The third-order valence-corrected chi connectivity index (χ3v) is 6.01. The predicted octanol–water partition coefficient (Wildman–Crippen LogP) is 2.63. The fraction of sp³-hybridized carbons (Fsp3) is 0.143. The average Bonchev–Trinajstić information content (AvgIpc) is 3.38. The summed E-state index contributed by atoms with van der Waals surface area (Å²) in [5, 5.41) is 15.2. The molecule has 11 heteroatoms. The van der Waals surface area contributed by atoms with E-state index in [-0.39, 0.29) is 17.1 Å². The predicted molar refractivity (Wildman–Crippen MR) is 117 cm³/mol. The summed E-state index contributed by atoms with van der Waals surface area (Å²) in [7, 11) is 0. The van der Waals surface area contributed by atoms with Crippen molar-refractivity contribution in [2.45, 2.75) is 12.5 Å². The van der Waals surface area contributed by atoms with Crippen molar-refractivity contribution >= 4 is 34.0 Å². The second kappa shape index (κ2) is 6.90. The molecule has 0 radical (unpaired) electrons. The fourth-order valence-electron chi connectivity index (χ4n) is 4.13. The molecule has 6 rings (SSSR count). The first-order valence-corrected chi connectivity index (χ1v) is 10.2. The SMILES string of the molecule is N#Cc1c[nH]c2ncnc(N3CC[C@H]3c3nn4ccc(Cl)c4c(=O)n3-c3ccccn3)c12. The number of nitriles is 1. The van der Waals surface area contributed by atoms with E-state index in [0.29, 0.717) is 45.6 Å². The van der Waals surface area contributed by atoms with E-state index in [0.717, 1.165) is 6.42 Å². The number of nitrogens with one attached hydrogen (secondary N) is 1. The van der Waals surface area contributed by atoms with Crippen molar-refractivity contribution in [2.24, 2.45) is 0 Å². The number of hydrogen-bond acceptors (Lipinski definition) is 7. The van der Waals surface area contributed by atoms with Crippen molar-refractivity contribution < 1.29 is 0 Å². The second-order valence-electron chi connectivity index (χ2n) is 7.38. The summed E-state index contributed by atoms with van der Waals surface area (Å²) in [6.45, 7) is 0.690. The first-order valence-electron chi connectivity index (χ1n) is 9.87. The highest BCUT2D eigenvalue weighted by Gasteiger charge is 2.37. The molecule has 6 heterocycles. The topological polar surface area (TPSA) is 121 Å². The summed E-state index contributed by atoms with van der Waals surface area (Å²) in [6.07, 6.45) is 7.11. The fourth-order valence-corrected chi connectivity index (χ4v) is 4.36. The zero-order valence-electron chi connectivity index (χ0n) is 16.5. The number of H-pyrrole nitrogens is 1. The molecule has 0 bridgehead atoms. The van der Waals surface area contributed by atoms with Crippen LogP contribution in [0.25, 0.3) is 22.4 Å². The van der Waals surface area contributed by atoms with Gasteiger partial charge in [-0.05, 0) is 24.6 Å². The Kier molecular flexibility index (Phi) is 3.99. The molecule has 0 spiro atoms. The Morgan fingerprint density at radius 1 is 1.22 bits per heavy atom. The molecule has 0 amide bonds. The zero-order valence-corrected chi connectivity index (χ0v) is 17.2. The largest absolute Gasteiger partial charge is 0.345 e. The minimum Gasteiger partial charge on any atom is -0.345 e. The standard InChI is InChI=1S/C21H14ClN9O/c22-13-4-8-30-17(13)21(32)31(15-3-1-2-6-24-15)19(28-30)14-5-7-29(14)20-16-12(9-23)10-25-18(16)26-11-27-20/h1-4,6,8,10-11,14H,5,7H2,(H,25,26,27)/t14-/m0/s1. The van der Waals surface area contributed by atoms with Crippen LogP contribution in [0.5, 0.6) is 0 Å². The third kappa shape index (κ3) is 2.55. The Morgan fingerprint density at radius 3 is 2.88 bits per heavy atom. The Hall–Kier alpha value is -4.23. The molecule has 1 atom stereocenters. The van der Waals surface area contributed by atoms with E-state index in [2.05, 4.69) is 26.0 Å². The smallest absolute Gasteiger partial charge is 0.285 e. The van der Waals surface area contributed by atoms with Crippen molar-refractivity contribution in [1.82, 2.24) is 34.1 Å². The van der Waals surface area contributed by atoms with Gasteiger partial charge in [-0.15, -0.1) is 0 Å². The van der Waals surface area contributed by atoms with E-state index in [1.165, 1.54) is 15.4 Å². The number of rotatable bonds is 3. The van der Waals surface area contributed by atoms with Crippen molar-refractivity contribution in [3.8, 4) is 11.9 Å². The van der Waals surface area contributed by atoms with Crippen LogP contribution in [0.2, 0.25) is 5.02 Å². The van der Waals surface area contributed by atoms with Crippen molar-refractivity contribution in [3.63, 3.8) is 0 Å². The zero-order chi connectivity index (χ0) is 21.8. The molecule has 32 heavy (non-hydrogen) atoms. The van der Waals surface area contributed by atoms with Crippen molar-refractivity contribution in [2.75, 3.05) is 11.4 Å². The molecule has 10 nitrogen and oxygen atoms in total. The maximum absolute atomic E-state index is 13.5. The number of halogens is 1.